The Morgan fingerprint density at radius 3 is 1.18 bits per heavy atom. The maximum Gasteiger partial charge on any atom is 0.306 e. The van der Waals surface area contributed by atoms with Crippen LogP contribution in [0.1, 0.15) is 226 Å². The van der Waals surface area contributed by atoms with E-state index in [0.29, 0.717) is 19.3 Å². The summed E-state index contributed by atoms with van der Waals surface area (Å²) in [5, 5.41) is 0. The summed E-state index contributed by atoms with van der Waals surface area (Å²) < 4.78 is 16.7. The molecule has 0 aliphatic carbocycles. The molecule has 0 N–H and O–H groups in total. The van der Waals surface area contributed by atoms with Crippen LogP contribution in [0, 0.1) is 0 Å². The minimum atomic E-state index is -0.815. The van der Waals surface area contributed by atoms with Crippen molar-refractivity contribution in [3.8, 4) is 0 Å². The van der Waals surface area contributed by atoms with Crippen molar-refractivity contribution in [2.75, 3.05) is 13.2 Å². The first-order chi connectivity index (χ1) is 30.0. The predicted molar refractivity (Wildman–Crippen MR) is 261 cm³/mol. The Kier molecular flexibility index (Phi) is 46.5. The Bertz CT molecular complexity index is 1200. The van der Waals surface area contributed by atoms with Crippen LogP contribution in [0.25, 0.3) is 0 Å². The first-order valence-corrected chi connectivity index (χ1v) is 25.2. The molecule has 0 aromatic rings. The lowest BCUT2D eigenvalue weighted by Crippen LogP contribution is -2.30. The van der Waals surface area contributed by atoms with Crippen LogP contribution in [0.4, 0.5) is 0 Å². The zero-order chi connectivity index (χ0) is 44.4. The molecule has 6 nitrogen and oxygen atoms in total. The van der Waals surface area contributed by atoms with Crippen molar-refractivity contribution >= 4 is 17.9 Å². The summed E-state index contributed by atoms with van der Waals surface area (Å²) in [4.78, 5) is 37.9. The summed E-state index contributed by atoms with van der Waals surface area (Å²) in [5.41, 5.74) is 0. The molecule has 0 fully saturated rings. The van der Waals surface area contributed by atoms with E-state index in [4.69, 9.17) is 14.2 Å². The lowest BCUT2D eigenvalue weighted by Gasteiger charge is -2.18. The molecule has 348 valence electrons. The van der Waals surface area contributed by atoms with Crippen LogP contribution in [0.5, 0.6) is 0 Å². The summed E-state index contributed by atoms with van der Waals surface area (Å²) in [6, 6.07) is 0. The third-order valence-electron chi connectivity index (χ3n) is 10.5. The second-order valence-corrected chi connectivity index (χ2v) is 16.5. The summed E-state index contributed by atoms with van der Waals surface area (Å²) in [5.74, 6) is -1.00. The molecule has 0 rings (SSSR count). The number of hydrogen-bond donors (Lipinski definition) is 0. The summed E-state index contributed by atoms with van der Waals surface area (Å²) in [6.45, 7) is 6.46. The number of hydrogen-bond acceptors (Lipinski definition) is 6. The fraction of sp³-hybridized carbons (Fsp3) is 0.691. The number of allylic oxidation sites excluding steroid dienone is 14. The topological polar surface area (TPSA) is 78.9 Å². The highest BCUT2D eigenvalue weighted by Crippen LogP contribution is 2.14. The van der Waals surface area contributed by atoms with Crippen LogP contribution in [-0.4, -0.2) is 37.2 Å². The van der Waals surface area contributed by atoms with Gasteiger partial charge in [0.25, 0.3) is 0 Å². The molecule has 1 atom stereocenters. The average Bonchev–Trinajstić information content (AvgIpc) is 3.26. The predicted octanol–water partition coefficient (Wildman–Crippen LogP) is 16.4. The third kappa shape index (κ3) is 47.5. The quantitative estimate of drug-likeness (QED) is 0.0200. The highest BCUT2D eigenvalue weighted by atomic mass is 16.6. The molecule has 0 aliphatic rings. The summed E-state index contributed by atoms with van der Waals surface area (Å²) in [7, 11) is 0. The van der Waals surface area contributed by atoms with Crippen molar-refractivity contribution in [1.29, 1.82) is 0 Å². The molecule has 6 heteroatoms. The highest BCUT2D eigenvalue weighted by Gasteiger charge is 2.19. The number of esters is 3. The zero-order valence-corrected chi connectivity index (χ0v) is 39.7. The molecule has 0 aromatic carbocycles. The largest absolute Gasteiger partial charge is 0.462 e. The number of rotatable bonds is 44. The smallest absolute Gasteiger partial charge is 0.306 e. The average molecular weight is 849 g/mol. The Hall–Kier alpha value is -3.41. The third-order valence-corrected chi connectivity index (χ3v) is 10.5. The standard InChI is InChI=1S/C55H92O6/c1-4-7-10-13-16-19-22-25-26-27-28-29-31-33-36-39-42-45-48-54(57)60-51-52(50-59-53(56)47-44-41-38-35-32-24-21-18-15-12-9-6-3)61-55(58)49-46-43-40-37-34-30-23-20-17-14-11-8-5-2/h10,13,16,19,22,25-30,34,40,43,52H,4-9,11-12,14-15,17-18,20-21,23-24,31-33,35-39,41-42,44-51H2,1-3H3/b13-10-,19-16-,25-22-,27-26-,29-28-,34-30-,43-40-. The Balaban J connectivity index is 4.49. The van der Waals surface area contributed by atoms with E-state index >= 15 is 0 Å². The van der Waals surface area contributed by atoms with Crippen molar-refractivity contribution in [2.45, 2.75) is 232 Å². The van der Waals surface area contributed by atoms with Crippen LogP contribution < -0.4 is 0 Å². The normalized spacial score (nSPS) is 12.8. The molecule has 0 aromatic heterocycles. The number of carbonyl (C=O) groups is 3. The van der Waals surface area contributed by atoms with E-state index in [-0.39, 0.29) is 37.5 Å². The van der Waals surface area contributed by atoms with E-state index in [2.05, 4.69) is 75.5 Å². The van der Waals surface area contributed by atoms with Crippen LogP contribution >= 0.6 is 0 Å². The van der Waals surface area contributed by atoms with Gasteiger partial charge in [0.15, 0.2) is 6.10 Å². The van der Waals surface area contributed by atoms with Gasteiger partial charge in [0.1, 0.15) is 13.2 Å². The minimum Gasteiger partial charge on any atom is -0.462 e. The highest BCUT2D eigenvalue weighted by molar-refractivity contribution is 5.71. The molecule has 0 bridgehead atoms. The van der Waals surface area contributed by atoms with Gasteiger partial charge < -0.3 is 14.2 Å². The summed E-state index contributed by atoms with van der Waals surface area (Å²) >= 11 is 0. The molecule has 0 amide bonds. The first-order valence-electron chi connectivity index (χ1n) is 25.2. The maximum absolute atomic E-state index is 12.7. The van der Waals surface area contributed by atoms with E-state index in [9.17, 15) is 14.4 Å². The van der Waals surface area contributed by atoms with Crippen molar-refractivity contribution in [1.82, 2.24) is 0 Å². The summed E-state index contributed by atoms with van der Waals surface area (Å²) in [6.07, 6.45) is 62.8. The molecule has 61 heavy (non-hydrogen) atoms. The molecule has 0 spiro atoms. The number of carbonyl (C=O) groups excluding carboxylic acids is 3. The second kappa shape index (κ2) is 49.2. The van der Waals surface area contributed by atoms with Gasteiger partial charge in [-0.05, 0) is 57.8 Å². The fourth-order valence-corrected chi connectivity index (χ4v) is 6.70. The van der Waals surface area contributed by atoms with Gasteiger partial charge in [-0.2, -0.15) is 0 Å². The van der Waals surface area contributed by atoms with Gasteiger partial charge in [-0.15, -0.1) is 0 Å². The van der Waals surface area contributed by atoms with E-state index in [1.165, 1.54) is 103 Å². The first kappa shape index (κ1) is 57.6. The number of unbranched alkanes of at least 4 members (excludes halogenated alkanes) is 23. The maximum atomic E-state index is 12.7. The molecular formula is C55H92O6. The van der Waals surface area contributed by atoms with Gasteiger partial charge in [0.05, 0.1) is 0 Å². The molecule has 0 saturated heterocycles. The van der Waals surface area contributed by atoms with E-state index in [0.717, 1.165) is 77.0 Å². The van der Waals surface area contributed by atoms with Crippen molar-refractivity contribution in [2.24, 2.45) is 0 Å². The molecule has 0 heterocycles. The second-order valence-electron chi connectivity index (χ2n) is 16.5. The molecular weight excluding hydrogens is 757 g/mol. The van der Waals surface area contributed by atoms with Gasteiger partial charge in [-0.1, -0.05) is 234 Å². The SMILES string of the molecule is CCC\C=C/C=C\C=C/C=C\C=C/CCCCCCCC(=O)OCC(COC(=O)CCCCCCCCCCCCCC)OC(=O)CC/C=C\C/C=C\CCCCCCCC. The van der Waals surface area contributed by atoms with Gasteiger partial charge in [-0.3, -0.25) is 14.4 Å². The fourth-order valence-electron chi connectivity index (χ4n) is 6.70. The van der Waals surface area contributed by atoms with Gasteiger partial charge in [0.2, 0.25) is 0 Å². The van der Waals surface area contributed by atoms with Crippen LogP contribution in [0.15, 0.2) is 85.1 Å². The molecule has 1 unspecified atom stereocenters. The van der Waals surface area contributed by atoms with Crippen molar-refractivity contribution < 1.29 is 28.6 Å². The van der Waals surface area contributed by atoms with E-state index in [1.807, 2.05) is 30.4 Å². The Labute approximate surface area is 375 Å². The Morgan fingerprint density at radius 2 is 0.721 bits per heavy atom. The van der Waals surface area contributed by atoms with Crippen molar-refractivity contribution in [3.05, 3.63) is 85.1 Å². The molecule has 0 radical (unpaired) electrons. The number of ether oxygens (including phenoxy) is 3. The van der Waals surface area contributed by atoms with E-state index < -0.39 is 6.10 Å². The lowest BCUT2D eigenvalue weighted by molar-refractivity contribution is -0.166. The van der Waals surface area contributed by atoms with Crippen LogP contribution in [-0.2, 0) is 28.6 Å². The Morgan fingerprint density at radius 1 is 0.344 bits per heavy atom. The van der Waals surface area contributed by atoms with E-state index in [1.54, 1.807) is 0 Å². The van der Waals surface area contributed by atoms with Gasteiger partial charge >= 0.3 is 17.9 Å². The zero-order valence-electron chi connectivity index (χ0n) is 39.7. The minimum absolute atomic E-state index is 0.107. The van der Waals surface area contributed by atoms with Crippen LogP contribution in [0.2, 0.25) is 0 Å². The lowest BCUT2D eigenvalue weighted by atomic mass is 10.0. The molecule has 0 aliphatic heterocycles. The van der Waals surface area contributed by atoms with Gasteiger partial charge in [0, 0.05) is 19.3 Å². The monoisotopic (exact) mass is 849 g/mol. The molecule has 0 saturated carbocycles. The van der Waals surface area contributed by atoms with Crippen molar-refractivity contribution in [3.63, 3.8) is 0 Å². The van der Waals surface area contributed by atoms with Gasteiger partial charge in [-0.25, -0.2) is 0 Å². The van der Waals surface area contributed by atoms with Crippen LogP contribution in [0.3, 0.4) is 0 Å².